The summed E-state index contributed by atoms with van der Waals surface area (Å²) in [5, 5.41) is 2.84. The fourth-order valence-electron chi connectivity index (χ4n) is 3.44. The molecule has 1 aliphatic rings. The van der Waals surface area contributed by atoms with Crippen LogP contribution in [0.4, 0.5) is 35.2 Å². The zero-order chi connectivity index (χ0) is 22.2. The molecule has 0 atom stereocenters. The van der Waals surface area contributed by atoms with Gasteiger partial charge in [0.2, 0.25) is 0 Å². The number of amides is 2. The molecule has 0 saturated carbocycles. The van der Waals surface area contributed by atoms with E-state index in [0.29, 0.717) is 35.9 Å². The Morgan fingerprint density at radius 1 is 1.10 bits per heavy atom. The molecular formula is C22H20F3N5O. The zero-order valence-corrected chi connectivity index (χ0v) is 16.9. The molecule has 9 heteroatoms. The summed E-state index contributed by atoms with van der Waals surface area (Å²) in [7, 11) is 1.88. The summed E-state index contributed by atoms with van der Waals surface area (Å²) in [6, 6.07) is 11.5. The van der Waals surface area contributed by atoms with Crippen molar-refractivity contribution in [2.24, 2.45) is 0 Å². The monoisotopic (exact) mass is 427 g/mol. The van der Waals surface area contributed by atoms with Gasteiger partial charge in [-0.15, -0.1) is 0 Å². The molecule has 0 saturated heterocycles. The molecular weight excluding hydrogens is 407 g/mol. The second-order valence-electron chi connectivity index (χ2n) is 7.31. The van der Waals surface area contributed by atoms with E-state index in [1.807, 2.05) is 18.9 Å². The molecule has 2 amide bonds. The molecule has 3 aromatic rings. The lowest BCUT2D eigenvalue weighted by Gasteiger charge is -2.34. The topological polar surface area (TPSA) is 61.4 Å². The highest BCUT2D eigenvalue weighted by Gasteiger charge is 2.31. The van der Waals surface area contributed by atoms with Gasteiger partial charge in [0.15, 0.2) is 5.82 Å². The van der Waals surface area contributed by atoms with Crippen LogP contribution in [-0.4, -0.2) is 36.1 Å². The number of halogens is 3. The third-order valence-electron chi connectivity index (χ3n) is 5.06. The Morgan fingerprint density at radius 3 is 2.65 bits per heavy atom. The summed E-state index contributed by atoms with van der Waals surface area (Å²) in [4.78, 5) is 25.1. The van der Waals surface area contributed by atoms with Gasteiger partial charge < -0.3 is 10.2 Å². The van der Waals surface area contributed by atoms with Crippen molar-refractivity contribution in [3.63, 3.8) is 0 Å². The van der Waals surface area contributed by atoms with E-state index in [1.54, 1.807) is 36.5 Å². The Kier molecular flexibility index (Phi) is 5.26. The van der Waals surface area contributed by atoms with Gasteiger partial charge in [-0.05, 0) is 43.3 Å². The molecule has 0 bridgehead atoms. The van der Waals surface area contributed by atoms with Gasteiger partial charge in [0.05, 0.1) is 16.9 Å². The van der Waals surface area contributed by atoms with E-state index >= 15 is 0 Å². The molecule has 0 radical (unpaired) electrons. The van der Waals surface area contributed by atoms with Gasteiger partial charge in [-0.2, -0.15) is 13.2 Å². The Morgan fingerprint density at radius 2 is 1.90 bits per heavy atom. The highest BCUT2D eigenvalue weighted by Crippen LogP contribution is 2.35. The van der Waals surface area contributed by atoms with Gasteiger partial charge in [0, 0.05) is 43.3 Å². The maximum Gasteiger partial charge on any atom is 0.416 e. The Labute approximate surface area is 177 Å². The number of alkyl halides is 3. The molecule has 0 fully saturated rings. The van der Waals surface area contributed by atoms with E-state index < -0.39 is 11.7 Å². The number of hydrogen-bond acceptors (Lipinski definition) is 4. The summed E-state index contributed by atoms with van der Waals surface area (Å²) in [6.45, 7) is 2.81. The minimum atomic E-state index is -4.45. The van der Waals surface area contributed by atoms with Crippen molar-refractivity contribution in [3.05, 3.63) is 66.0 Å². The van der Waals surface area contributed by atoms with Crippen LogP contribution >= 0.6 is 0 Å². The van der Waals surface area contributed by atoms with Gasteiger partial charge in [0.1, 0.15) is 0 Å². The van der Waals surface area contributed by atoms with Gasteiger partial charge in [-0.1, -0.05) is 12.1 Å². The van der Waals surface area contributed by atoms with E-state index in [9.17, 15) is 18.0 Å². The normalized spacial score (nSPS) is 13.7. The molecule has 1 aromatic carbocycles. The molecule has 3 heterocycles. The molecule has 31 heavy (non-hydrogen) atoms. The minimum Gasteiger partial charge on any atom is -0.370 e. The number of rotatable bonds is 2. The second-order valence-corrected chi connectivity index (χ2v) is 7.31. The van der Waals surface area contributed by atoms with Gasteiger partial charge >= 0.3 is 12.2 Å². The number of pyridine rings is 2. The van der Waals surface area contributed by atoms with Crippen molar-refractivity contribution >= 4 is 23.2 Å². The summed E-state index contributed by atoms with van der Waals surface area (Å²) in [6.07, 6.45) is -2.84. The molecule has 4 rings (SSSR count). The average molecular weight is 427 g/mol. The number of benzene rings is 1. The number of anilines is 3. The Balaban J connectivity index is 1.69. The number of fused-ring (bicyclic) bond motifs is 1. The number of nitrogens with zero attached hydrogens (tertiary/aromatic N) is 4. The minimum absolute atomic E-state index is 0.330. The number of aromatic nitrogens is 2. The molecule has 2 aromatic heterocycles. The van der Waals surface area contributed by atoms with E-state index in [0.717, 1.165) is 23.5 Å². The Hall–Kier alpha value is -3.62. The van der Waals surface area contributed by atoms with Crippen molar-refractivity contribution in [2.45, 2.75) is 13.1 Å². The standard InChI is InChI=1S/C22H20F3N5O/c1-14-12-17(8-9-26-14)27-21(31)30-11-10-29(2)19-7-6-18(28-20(19)30)15-4-3-5-16(13-15)22(23,24)25/h3-9,12-13H,10-11H2,1-2H3,(H,26,27,31). The van der Waals surface area contributed by atoms with Gasteiger partial charge in [-0.25, -0.2) is 9.78 Å². The van der Waals surface area contributed by atoms with Crippen LogP contribution in [0.25, 0.3) is 11.3 Å². The first kappa shape index (κ1) is 20.6. The lowest BCUT2D eigenvalue weighted by molar-refractivity contribution is -0.137. The van der Waals surface area contributed by atoms with Crippen LogP contribution in [0.15, 0.2) is 54.7 Å². The number of likely N-dealkylation sites (N-methyl/N-ethyl adjacent to an activating group) is 1. The van der Waals surface area contributed by atoms with Gasteiger partial charge in [-0.3, -0.25) is 9.88 Å². The number of carbonyl (C=O) groups excluding carboxylic acids is 1. The number of urea groups is 1. The number of hydrogen-bond donors (Lipinski definition) is 1. The van der Waals surface area contributed by atoms with E-state index in [4.69, 9.17) is 0 Å². The predicted molar refractivity (Wildman–Crippen MR) is 113 cm³/mol. The smallest absolute Gasteiger partial charge is 0.370 e. The summed E-state index contributed by atoms with van der Waals surface area (Å²) in [5.41, 5.74) is 2.04. The fourth-order valence-corrected chi connectivity index (χ4v) is 3.44. The molecule has 0 aliphatic carbocycles. The largest absolute Gasteiger partial charge is 0.416 e. The lowest BCUT2D eigenvalue weighted by atomic mass is 10.1. The third-order valence-corrected chi connectivity index (χ3v) is 5.06. The van der Waals surface area contributed by atoms with Crippen LogP contribution in [-0.2, 0) is 6.18 Å². The van der Waals surface area contributed by atoms with Crippen molar-refractivity contribution < 1.29 is 18.0 Å². The number of aryl methyl sites for hydroxylation is 1. The fraction of sp³-hybridized carbons (Fsp3) is 0.227. The highest BCUT2D eigenvalue weighted by atomic mass is 19.4. The lowest BCUT2D eigenvalue weighted by Crippen LogP contribution is -2.45. The van der Waals surface area contributed by atoms with Crippen LogP contribution in [0.3, 0.4) is 0 Å². The second kappa shape index (κ2) is 7.90. The maximum atomic E-state index is 13.1. The molecule has 6 nitrogen and oxygen atoms in total. The van der Waals surface area contributed by atoms with Crippen LogP contribution in [0, 0.1) is 6.92 Å². The van der Waals surface area contributed by atoms with Crippen molar-refractivity contribution in [2.75, 3.05) is 35.3 Å². The van der Waals surface area contributed by atoms with E-state index in [2.05, 4.69) is 15.3 Å². The predicted octanol–water partition coefficient (Wildman–Crippen LogP) is 4.96. The molecule has 160 valence electrons. The first-order valence-corrected chi connectivity index (χ1v) is 9.63. The third kappa shape index (κ3) is 4.30. The molecule has 1 aliphatic heterocycles. The van der Waals surface area contributed by atoms with E-state index in [1.165, 1.54) is 11.0 Å². The van der Waals surface area contributed by atoms with Crippen molar-refractivity contribution in [1.29, 1.82) is 0 Å². The van der Waals surface area contributed by atoms with E-state index in [-0.39, 0.29) is 6.03 Å². The average Bonchev–Trinajstić information content (AvgIpc) is 2.73. The van der Waals surface area contributed by atoms with Crippen molar-refractivity contribution in [3.8, 4) is 11.3 Å². The molecule has 0 unspecified atom stereocenters. The Bertz CT molecular complexity index is 1130. The summed E-state index contributed by atoms with van der Waals surface area (Å²) in [5.74, 6) is 0.395. The van der Waals surface area contributed by atoms with Crippen LogP contribution < -0.4 is 15.1 Å². The van der Waals surface area contributed by atoms with Crippen LogP contribution in [0.1, 0.15) is 11.3 Å². The summed E-state index contributed by atoms with van der Waals surface area (Å²) < 4.78 is 39.4. The van der Waals surface area contributed by atoms with Gasteiger partial charge in [0.25, 0.3) is 0 Å². The number of carbonyl (C=O) groups is 1. The first-order chi connectivity index (χ1) is 14.7. The SMILES string of the molecule is Cc1cc(NC(=O)N2CCN(C)c3ccc(-c4cccc(C(F)(F)F)c4)nc32)ccn1. The zero-order valence-electron chi connectivity index (χ0n) is 16.9. The maximum absolute atomic E-state index is 13.1. The van der Waals surface area contributed by atoms with Crippen LogP contribution in [0.2, 0.25) is 0 Å². The first-order valence-electron chi connectivity index (χ1n) is 9.63. The summed E-state index contributed by atoms with van der Waals surface area (Å²) >= 11 is 0. The highest BCUT2D eigenvalue weighted by molar-refractivity contribution is 6.03. The number of nitrogens with one attached hydrogen (secondary N) is 1. The van der Waals surface area contributed by atoms with Crippen molar-refractivity contribution in [1.82, 2.24) is 9.97 Å². The molecule has 1 N–H and O–H groups in total. The quantitative estimate of drug-likeness (QED) is 0.628. The molecule has 0 spiro atoms. The van der Waals surface area contributed by atoms with Crippen LogP contribution in [0.5, 0.6) is 0 Å².